The van der Waals surface area contributed by atoms with Crippen LogP contribution in [0.25, 0.3) is 0 Å². The highest BCUT2D eigenvalue weighted by atomic mass is 16.5. The third-order valence-corrected chi connectivity index (χ3v) is 5.32. The number of methoxy groups -OCH3 is 1. The van der Waals surface area contributed by atoms with Crippen molar-refractivity contribution in [1.82, 2.24) is 4.90 Å². The van der Waals surface area contributed by atoms with E-state index in [0.717, 1.165) is 6.42 Å². The Labute approximate surface area is 129 Å². The fourth-order valence-corrected chi connectivity index (χ4v) is 4.18. The predicted molar refractivity (Wildman–Crippen MR) is 80.4 cm³/mol. The number of piperidine rings is 1. The minimum absolute atomic E-state index is 0.223. The Morgan fingerprint density at radius 3 is 2.59 bits per heavy atom. The number of Topliss-reactive ketones (excluding diaryl/α,β-unsaturated/α-hetero) is 1. The van der Waals surface area contributed by atoms with Crippen LogP contribution in [0.1, 0.15) is 29.6 Å². The van der Waals surface area contributed by atoms with Crippen molar-refractivity contribution in [3.63, 3.8) is 0 Å². The van der Waals surface area contributed by atoms with Crippen molar-refractivity contribution in [2.75, 3.05) is 14.2 Å². The van der Waals surface area contributed by atoms with Crippen molar-refractivity contribution >= 4 is 11.8 Å². The maximum absolute atomic E-state index is 13.2. The summed E-state index contributed by atoms with van der Waals surface area (Å²) in [5.41, 5.74) is -1.09. The predicted octanol–water partition coefficient (Wildman–Crippen LogP) is 1.26. The second kappa shape index (κ2) is 5.48. The second-order valence-corrected chi connectivity index (χ2v) is 6.22. The quantitative estimate of drug-likeness (QED) is 0.517. The van der Waals surface area contributed by atoms with Gasteiger partial charge in [0.25, 0.3) is 0 Å². The average Bonchev–Trinajstić information content (AvgIpc) is 2.81. The number of ketones is 1. The van der Waals surface area contributed by atoms with E-state index in [1.165, 1.54) is 7.11 Å². The summed E-state index contributed by atoms with van der Waals surface area (Å²) in [4.78, 5) is 27.9. The van der Waals surface area contributed by atoms with Gasteiger partial charge in [0, 0.05) is 17.6 Å². The zero-order valence-corrected chi connectivity index (χ0v) is 12.9. The molecule has 2 heterocycles. The SMILES string of the molecule is COC(=O)[C@@]1(C(=O)c2ccccc2)[C@@H](O)C[C@@H]2CC[C@H]1N2C. The molecule has 0 saturated carbocycles. The molecular formula is C17H21NO4. The molecule has 0 aromatic heterocycles. The first kappa shape index (κ1) is 15.2. The van der Waals surface area contributed by atoms with Crippen molar-refractivity contribution in [1.29, 1.82) is 0 Å². The fraction of sp³-hybridized carbons (Fsp3) is 0.529. The molecule has 0 radical (unpaired) electrons. The summed E-state index contributed by atoms with van der Waals surface area (Å²) >= 11 is 0. The number of hydrogen-bond donors (Lipinski definition) is 1. The van der Waals surface area contributed by atoms with Crippen molar-refractivity contribution in [3.05, 3.63) is 35.9 Å². The Hall–Kier alpha value is -1.72. The summed E-state index contributed by atoms with van der Waals surface area (Å²) in [6.45, 7) is 0. The molecule has 0 spiro atoms. The van der Waals surface area contributed by atoms with Crippen molar-refractivity contribution in [3.8, 4) is 0 Å². The van der Waals surface area contributed by atoms with E-state index < -0.39 is 17.5 Å². The number of nitrogens with zero attached hydrogens (tertiary/aromatic N) is 1. The first-order valence-electron chi connectivity index (χ1n) is 7.61. The van der Waals surface area contributed by atoms with E-state index in [1.54, 1.807) is 24.3 Å². The lowest BCUT2D eigenvalue weighted by Gasteiger charge is -2.47. The average molecular weight is 303 g/mol. The molecule has 5 nitrogen and oxygen atoms in total. The molecular weight excluding hydrogens is 282 g/mol. The van der Waals surface area contributed by atoms with Gasteiger partial charge in [0.05, 0.1) is 13.2 Å². The van der Waals surface area contributed by atoms with Gasteiger partial charge >= 0.3 is 5.97 Å². The molecule has 0 aliphatic carbocycles. The van der Waals surface area contributed by atoms with Crippen LogP contribution in [0, 0.1) is 5.41 Å². The van der Waals surface area contributed by atoms with E-state index in [-0.39, 0.29) is 17.9 Å². The van der Waals surface area contributed by atoms with E-state index >= 15 is 0 Å². The maximum atomic E-state index is 13.2. The number of fused-ring (bicyclic) bond motifs is 2. The number of benzene rings is 1. The summed E-state index contributed by atoms with van der Waals surface area (Å²) < 4.78 is 4.96. The highest BCUT2D eigenvalue weighted by molar-refractivity contribution is 6.14. The van der Waals surface area contributed by atoms with Gasteiger partial charge in [-0.1, -0.05) is 30.3 Å². The maximum Gasteiger partial charge on any atom is 0.324 e. The summed E-state index contributed by atoms with van der Waals surface area (Å²) in [5.74, 6) is -0.976. The van der Waals surface area contributed by atoms with Crippen LogP contribution < -0.4 is 0 Å². The molecule has 1 aromatic rings. The smallest absolute Gasteiger partial charge is 0.324 e. The molecule has 118 valence electrons. The summed E-state index contributed by atoms with van der Waals surface area (Å²) in [5, 5.41) is 10.7. The van der Waals surface area contributed by atoms with Crippen LogP contribution in [-0.4, -0.2) is 54.1 Å². The molecule has 2 aliphatic rings. The van der Waals surface area contributed by atoms with Gasteiger partial charge in [-0.05, 0) is 26.3 Å². The molecule has 2 bridgehead atoms. The van der Waals surface area contributed by atoms with Crippen LogP contribution in [0.4, 0.5) is 0 Å². The summed E-state index contributed by atoms with van der Waals surface area (Å²) in [6, 6.07) is 8.60. The molecule has 2 fully saturated rings. The minimum Gasteiger partial charge on any atom is -0.468 e. The third-order valence-electron chi connectivity index (χ3n) is 5.32. The zero-order chi connectivity index (χ0) is 15.9. The lowest BCUT2D eigenvalue weighted by atomic mass is 9.67. The zero-order valence-electron chi connectivity index (χ0n) is 12.9. The Morgan fingerprint density at radius 1 is 1.27 bits per heavy atom. The van der Waals surface area contributed by atoms with Crippen molar-refractivity contribution < 1.29 is 19.4 Å². The number of carbonyl (C=O) groups excluding carboxylic acids is 2. The molecule has 1 N–H and O–H groups in total. The van der Waals surface area contributed by atoms with Gasteiger partial charge in [-0.15, -0.1) is 0 Å². The molecule has 4 atom stereocenters. The van der Waals surface area contributed by atoms with Gasteiger partial charge in [0.2, 0.25) is 0 Å². The molecule has 2 aliphatic heterocycles. The Kier molecular flexibility index (Phi) is 3.78. The van der Waals surface area contributed by atoms with Crippen LogP contribution >= 0.6 is 0 Å². The number of carbonyl (C=O) groups is 2. The van der Waals surface area contributed by atoms with Crippen molar-refractivity contribution in [2.24, 2.45) is 5.41 Å². The van der Waals surface area contributed by atoms with Gasteiger partial charge in [-0.2, -0.15) is 0 Å². The van der Waals surface area contributed by atoms with E-state index in [9.17, 15) is 14.7 Å². The van der Waals surface area contributed by atoms with Gasteiger partial charge in [0.1, 0.15) is 0 Å². The number of rotatable bonds is 3. The molecule has 3 rings (SSSR count). The Bertz CT molecular complexity index is 588. The van der Waals surface area contributed by atoms with Crippen LogP contribution in [0.5, 0.6) is 0 Å². The Balaban J connectivity index is 2.13. The first-order chi connectivity index (χ1) is 10.5. The first-order valence-corrected chi connectivity index (χ1v) is 7.61. The van der Waals surface area contributed by atoms with E-state index in [4.69, 9.17) is 4.74 Å². The van der Waals surface area contributed by atoms with Gasteiger partial charge < -0.3 is 9.84 Å². The molecule has 1 aromatic carbocycles. The number of ether oxygens (including phenoxy) is 1. The highest BCUT2D eigenvalue weighted by Gasteiger charge is 2.64. The monoisotopic (exact) mass is 303 g/mol. The Morgan fingerprint density at radius 2 is 1.95 bits per heavy atom. The number of aliphatic hydroxyl groups is 1. The summed E-state index contributed by atoms with van der Waals surface area (Å²) in [6.07, 6.45) is 1.01. The molecule has 0 amide bonds. The van der Waals surface area contributed by atoms with Crippen molar-refractivity contribution in [2.45, 2.75) is 37.5 Å². The molecule has 2 saturated heterocycles. The van der Waals surface area contributed by atoms with Crippen LogP contribution in [0.2, 0.25) is 0 Å². The van der Waals surface area contributed by atoms with Crippen LogP contribution in [0.15, 0.2) is 30.3 Å². The third kappa shape index (κ3) is 1.92. The van der Waals surface area contributed by atoms with E-state index in [1.807, 2.05) is 13.1 Å². The summed E-state index contributed by atoms with van der Waals surface area (Å²) in [7, 11) is 3.19. The van der Waals surface area contributed by atoms with Gasteiger partial charge in [-0.25, -0.2) is 0 Å². The molecule has 5 heteroatoms. The topological polar surface area (TPSA) is 66.8 Å². The van der Waals surface area contributed by atoms with E-state index in [2.05, 4.69) is 4.90 Å². The number of hydrogen-bond acceptors (Lipinski definition) is 5. The number of aliphatic hydroxyl groups excluding tert-OH is 1. The lowest BCUT2D eigenvalue weighted by molar-refractivity contribution is -0.165. The van der Waals surface area contributed by atoms with Gasteiger partial charge in [0.15, 0.2) is 11.2 Å². The van der Waals surface area contributed by atoms with Gasteiger partial charge in [-0.3, -0.25) is 14.5 Å². The molecule has 22 heavy (non-hydrogen) atoms. The fourth-order valence-electron chi connectivity index (χ4n) is 4.18. The minimum atomic E-state index is -1.53. The molecule has 0 unspecified atom stereocenters. The largest absolute Gasteiger partial charge is 0.468 e. The standard InChI is InChI=1S/C17H21NO4/c1-18-12-8-9-13(18)17(14(19)10-12,16(21)22-2)15(20)11-6-4-3-5-7-11/h3-7,12-14,19H,8-10H2,1-2H3/t12-,13+,14-,17+/m0/s1. The van der Waals surface area contributed by atoms with E-state index in [0.29, 0.717) is 18.4 Å². The second-order valence-electron chi connectivity index (χ2n) is 6.22. The van der Waals surface area contributed by atoms with Crippen LogP contribution in [0.3, 0.4) is 0 Å². The number of esters is 1. The normalized spacial score (nSPS) is 34.4. The highest BCUT2D eigenvalue weighted by Crippen LogP contribution is 2.48. The lowest BCUT2D eigenvalue weighted by Crippen LogP contribution is -2.64. The van der Waals surface area contributed by atoms with Crippen LogP contribution in [-0.2, 0) is 9.53 Å².